The van der Waals surface area contributed by atoms with Crippen molar-refractivity contribution in [2.75, 3.05) is 14.2 Å². The van der Waals surface area contributed by atoms with Crippen molar-refractivity contribution in [2.45, 2.75) is 12.8 Å². The Morgan fingerprint density at radius 3 is 2.33 bits per heavy atom. The number of rotatable bonds is 2. The van der Waals surface area contributed by atoms with Gasteiger partial charge in [-0.15, -0.1) is 0 Å². The summed E-state index contributed by atoms with van der Waals surface area (Å²) in [4.78, 5) is 22.4. The van der Waals surface area contributed by atoms with Crippen LogP contribution in [-0.2, 0) is 19.1 Å². The normalized spacial score (nSPS) is 15.7. The van der Waals surface area contributed by atoms with Gasteiger partial charge in [0, 0.05) is 24.1 Å². The Morgan fingerprint density at radius 1 is 1.27 bits per heavy atom. The van der Waals surface area contributed by atoms with Crippen molar-refractivity contribution < 1.29 is 19.1 Å². The van der Waals surface area contributed by atoms with E-state index in [1.54, 1.807) is 6.08 Å². The average molecular weight is 211 g/mol. The van der Waals surface area contributed by atoms with Gasteiger partial charge in [0.2, 0.25) is 0 Å². The lowest BCUT2D eigenvalue weighted by atomic mass is 9.96. The van der Waals surface area contributed by atoms with Gasteiger partial charge in [-0.3, -0.25) is 0 Å². The van der Waals surface area contributed by atoms with Crippen molar-refractivity contribution in [3.05, 3.63) is 22.9 Å². The molecule has 2 N–H and O–H groups in total. The Hall–Kier alpha value is -1.78. The van der Waals surface area contributed by atoms with E-state index in [4.69, 9.17) is 5.73 Å². The molecular formula is C10H13NO4. The maximum Gasteiger partial charge on any atom is 0.335 e. The summed E-state index contributed by atoms with van der Waals surface area (Å²) in [5.74, 6) is -0.866. The van der Waals surface area contributed by atoms with Crippen LogP contribution in [0, 0.1) is 0 Å². The van der Waals surface area contributed by atoms with E-state index in [0.29, 0.717) is 23.3 Å². The number of ether oxygens (including phenoxy) is 2. The zero-order valence-electron chi connectivity index (χ0n) is 8.70. The van der Waals surface area contributed by atoms with E-state index in [9.17, 15) is 9.59 Å². The minimum atomic E-state index is -0.451. The van der Waals surface area contributed by atoms with Gasteiger partial charge in [0.1, 0.15) is 0 Å². The van der Waals surface area contributed by atoms with E-state index in [1.807, 2.05) is 0 Å². The van der Waals surface area contributed by atoms with Gasteiger partial charge in [0.15, 0.2) is 0 Å². The Labute approximate surface area is 87.5 Å². The quantitative estimate of drug-likeness (QED) is 0.663. The third-order valence-corrected chi connectivity index (χ3v) is 2.20. The van der Waals surface area contributed by atoms with Crippen molar-refractivity contribution in [3.8, 4) is 0 Å². The number of hydrogen-bond acceptors (Lipinski definition) is 5. The third-order valence-electron chi connectivity index (χ3n) is 2.20. The number of allylic oxidation sites excluding steroid dienone is 2. The summed E-state index contributed by atoms with van der Waals surface area (Å²) in [5, 5.41) is 0. The van der Waals surface area contributed by atoms with Crippen molar-refractivity contribution in [2.24, 2.45) is 5.73 Å². The van der Waals surface area contributed by atoms with Gasteiger partial charge in [-0.1, -0.05) is 6.08 Å². The molecule has 5 heteroatoms. The lowest BCUT2D eigenvalue weighted by Crippen LogP contribution is -2.19. The van der Waals surface area contributed by atoms with E-state index in [0.717, 1.165) is 0 Å². The highest BCUT2D eigenvalue weighted by atomic mass is 16.5. The van der Waals surface area contributed by atoms with Crippen LogP contribution in [0.25, 0.3) is 0 Å². The lowest BCUT2D eigenvalue weighted by Gasteiger charge is -2.15. The van der Waals surface area contributed by atoms with E-state index in [-0.39, 0.29) is 6.42 Å². The van der Waals surface area contributed by atoms with E-state index < -0.39 is 11.9 Å². The molecule has 0 radical (unpaired) electrons. The monoisotopic (exact) mass is 211 g/mol. The Balaban J connectivity index is 2.79. The van der Waals surface area contributed by atoms with E-state index in [2.05, 4.69) is 9.47 Å². The van der Waals surface area contributed by atoms with Crippen LogP contribution in [0.3, 0.4) is 0 Å². The summed E-state index contributed by atoms with van der Waals surface area (Å²) in [6.07, 6.45) is 2.18. The summed E-state index contributed by atoms with van der Waals surface area (Å²) >= 11 is 0. The van der Waals surface area contributed by atoms with Crippen LogP contribution < -0.4 is 5.73 Å². The second-order valence-electron chi connectivity index (χ2n) is 3.10. The van der Waals surface area contributed by atoms with E-state index in [1.165, 1.54) is 14.2 Å². The molecule has 15 heavy (non-hydrogen) atoms. The first-order valence-electron chi connectivity index (χ1n) is 4.43. The molecule has 1 aliphatic carbocycles. The Morgan fingerprint density at radius 2 is 1.87 bits per heavy atom. The molecule has 0 atom stereocenters. The first-order valence-corrected chi connectivity index (χ1v) is 4.43. The number of methoxy groups -OCH3 is 2. The second kappa shape index (κ2) is 4.63. The molecule has 0 aromatic heterocycles. The molecule has 0 fully saturated rings. The fraction of sp³-hybridized carbons (Fsp3) is 0.400. The van der Waals surface area contributed by atoms with E-state index >= 15 is 0 Å². The first-order chi connectivity index (χ1) is 7.10. The summed E-state index contributed by atoms with van der Waals surface area (Å²) < 4.78 is 9.12. The van der Waals surface area contributed by atoms with Gasteiger partial charge >= 0.3 is 11.9 Å². The van der Waals surface area contributed by atoms with Gasteiger partial charge in [-0.2, -0.15) is 0 Å². The molecular weight excluding hydrogens is 198 g/mol. The maximum atomic E-state index is 11.2. The molecule has 0 heterocycles. The predicted octanol–water partition coefficient (Wildman–Crippen LogP) is 0.265. The van der Waals surface area contributed by atoms with Crippen LogP contribution in [0.15, 0.2) is 22.9 Å². The average Bonchev–Trinajstić information content (AvgIpc) is 2.26. The summed E-state index contributed by atoms with van der Waals surface area (Å²) in [5.41, 5.74) is 6.92. The van der Waals surface area contributed by atoms with Crippen molar-refractivity contribution in [1.29, 1.82) is 0 Å². The third kappa shape index (κ3) is 2.37. The minimum Gasteiger partial charge on any atom is -0.466 e. The molecule has 0 saturated carbocycles. The predicted molar refractivity (Wildman–Crippen MR) is 52.6 cm³/mol. The van der Waals surface area contributed by atoms with Crippen LogP contribution in [-0.4, -0.2) is 26.2 Å². The topological polar surface area (TPSA) is 78.6 Å². The Bertz CT molecular complexity index is 354. The SMILES string of the molecule is COC(=O)C1=CCC(C(=O)OC)=C(N)C1. The van der Waals surface area contributed by atoms with Gasteiger partial charge < -0.3 is 15.2 Å². The maximum absolute atomic E-state index is 11.2. The fourth-order valence-electron chi connectivity index (χ4n) is 1.36. The van der Waals surface area contributed by atoms with Gasteiger partial charge in [-0.25, -0.2) is 9.59 Å². The first kappa shape index (κ1) is 11.3. The van der Waals surface area contributed by atoms with Crippen molar-refractivity contribution in [1.82, 2.24) is 0 Å². The van der Waals surface area contributed by atoms with Crippen molar-refractivity contribution >= 4 is 11.9 Å². The number of nitrogens with two attached hydrogens (primary N) is 1. The highest BCUT2D eigenvalue weighted by molar-refractivity contribution is 5.94. The summed E-state index contributed by atoms with van der Waals surface area (Å²) in [6, 6.07) is 0. The molecule has 0 bridgehead atoms. The fourth-order valence-corrected chi connectivity index (χ4v) is 1.36. The number of esters is 2. The number of carbonyl (C=O) groups is 2. The Kier molecular flexibility index (Phi) is 3.49. The summed E-state index contributed by atoms with van der Waals surface area (Å²) in [6.45, 7) is 0. The highest BCUT2D eigenvalue weighted by Crippen LogP contribution is 2.22. The molecule has 1 aliphatic rings. The number of hydrogen-bond donors (Lipinski definition) is 1. The smallest absolute Gasteiger partial charge is 0.335 e. The highest BCUT2D eigenvalue weighted by Gasteiger charge is 2.21. The second-order valence-corrected chi connectivity index (χ2v) is 3.10. The number of carbonyl (C=O) groups excluding carboxylic acids is 2. The van der Waals surface area contributed by atoms with Gasteiger partial charge in [0.25, 0.3) is 0 Å². The molecule has 0 aromatic rings. The molecule has 1 rings (SSSR count). The zero-order valence-corrected chi connectivity index (χ0v) is 8.70. The van der Waals surface area contributed by atoms with Crippen LogP contribution >= 0.6 is 0 Å². The van der Waals surface area contributed by atoms with Crippen molar-refractivity contribution in [3.63, 3.8) is 0 Å². The van der Waals surface area contributed by atoms with Crippen LogP contribution in [0.4, 0.5) is 0 Å². The lowest BCUT2D eigenvalue weighted by molar-refractivity contribution is -0.137. The minimum absolute atomic E-state index is 0.233. The molecule has 0 spiro atoms. The molecule has 0 amide bonds. The molecule has 0 unspecified atom stereocenters. The molecule has 82 valence electrons. The molecule has 0 aliphatic heterocycles. The van der Waals surface area contributed by atoms with Crippen LogP contribution in [0.5, 0.6) is 0 Å². The van der Waals surface area contributed by atoms with Gasteiger partial charge in [-0.05, 0) is 0 Å². The van der Waals surface area contributed by atoms with Gasteiger partial charge in [0.05, 0.1) is 19.8 Å². The molecule has 0 saturated heterocycles. The molecule has 0 aromatic carbocycles. The zero-order chi connectivity index (χ0) is 11.4. The van der Waals surface area contributed by atoms with Crippen LogP contribution in [0.2, 0.25) is 0 Å². The summed E-state index contributed by atoms with van der Waals surface area (Å²) in [7, 11) is 2.60. The largest absolute Gasteiger partial charge is 0.466 e. The molecule has 5 nitrogen and oxygen atoms in total. The van der Waals surface area contributed by atoms with Crippen LogP contribution in [0.1, 0.15) is 12.8 Å². The standard InChI is InChI=1S/C10H13NO4/c1-14-9(12)6-3-4-7(8(11)5-6)10(13)15-2/h3H,4-5,11H2,1-2H3.